The molecule has 1 heterocycles. The summed E-state index contributed by atoms with van der Waals surface area (Å²) in [5.74, 6) is 2.80. The third-order valence-electron chi connectivity index (χ3n) is 6.72. The van der Waals surface area contributed by atoms with Crippen LogP contribution in [0.2, 0.25) is 0 Å². The van der Waals surface area contributed by atoms with Gasteiger partial charge in [0.25, 0.3) is 0 Å². The number of methoxy groups -OCH3 is 2. The van der Waals surface area contributed by atoms with E-state index in [0.29, 0.717) is 34.0 Å². The number of aromatic nitrogens is 1. The number of hydrazine groups is 1. The molecule has 0 saturated heterocycles. The first-order chi connectivity index (χ1) is 22.6. The van der Waals surface area contributed by atoms with Gasteiger partial charge in [-0.05, 0) is 59.0 Å². The number of nitrogens with zero attached hydrogens (tertiary/aromatic N) is 2. The van der Waals surface area contributed by atoms with Crippen molar-refractivity contribution >= 4 is 45.9 Å². The summed E-state index contributed by atoms with van der Waals surface area (Å²) >= 11 is 0. The number of nitrogens with two attached hydrogens (primary N) is 1. The number of hydrogen-bond acceptors (Lipinski definition) is 9. The molecule has 1 aromatic heterocycles. The molecule has 0 spiro atoms. The van der Waals surface area contributed by atoms with Gasteiger partial charge in [-0.3, -0.25) is 24.4 Å². The van der Waals surface area contributed by atoms with Crippen molar-refractivity contribution in [1.29, 1.82) is 0 Å². The highest BCUT2D eigenvalue weighted by Crippen LogP contribution is 2.34. The highest BCUT2D eigenvalue weighted by atomic mass is 19.4. The number of alkyl halides is 3. The van der Waals surface area contributed by atoms with Crippen molar-refractivity contribution < 1.29 is 52.0 Å². The van der Waals surface area contributed by atoms with Crippen LogP contribution in [-0.2, 0) is 19.2 Å². The van der Waals surface area contributed by atoms with Crippen molar-refractivity contribution in [3.05, 3.63) is 90.3 Å². The fourth-order valence-corrected chi connectivity index (χ4v) is 4.56. The maximum atomic E-state index is 14.0. The molecule has 4 aromatic rings. The number of rotatable bonds is 11. The average molecular weight is 672 g/mol. The van der Waals surface area contributed by atoms with E-state index in [0.717, 1.165) is 10.8 Å². The van der Waals surface area contributed by atoms with E-state index in [4.69, 9.17) is 25.2 Å². The summed E-state index contributed by atoms with van der Waals surface area (Å²) in [6.07, 6.45) is -2.09. The maximum absolute atomic E-state index is 14.0. The monoisotopic (exact) mass is 671 g/mol. The zero-order valence-corrected chi connectivity index (χ0v) is 25.8. The van der Waals surface area contributed by atoms with Gasteiger partial charge < -0.3 is 30.3 Å². The molecule has 0 bridgehead atoms. The van der Waals surface area contributed by atoms with E-state index >= 15 is 0 Å². The van der Waals surface area contributed by atoms with Crippen molar-refractivity contribution in [2.24, 2.45) is 5.84 Å². The van der Waals surface area contributed by atoms with Gasteiger partial charge in [-0.25, -0.2) is 10.6 Å². The second-order valence-electron chi connectivity index (χ2n) is 10.1. The van der Waals surface area contributed by atoms with Gasteiger partial charge in [0.1, 0.15) is 6.04 Å². The number of carbonyl (C=O) groups excluding carboxylic acids is 2. The molecule has 1 unspecified atom stereocenters. The molecule has 4 rings (SSSR count). The summed E-state index contributed by atoms with van der Waals surface area (Å²) < 4.78 is 42.6. The zero-order valence-electron chi connectivity index (χ0n) is 25.8. The molecule has 0 saturated carbocycles. The Bertz CT molecular complexity index is 1790. The maximum Gasteiger partial charge on any atom is 0.490 e. The quantitative estimate of drug-likeness (QED) is 0.111. The second kappa shape index (κ2) is 16.1. The van der Waals surface area contributed by atoms with Crippen LogP contribution in [0, 0.1) is 0 Å². The Kier molecular flexibility index (Phi) is 12.3. The Hall–Kier alpha value is -5.90. The van der Waals surface area contributed by atoms with Gasteiger partial charge in [-0.2, -0.15) is 13.2 Å². The van der Waals surface area contributed by atoms with Gasteiger partial charge in [-0.1, -0.05) is 24.3 Å². The van der Waals surface area contributed by atoms with Crippen molar-refractivity contribution in [2.45, 2.75) is 31.6 Å². The molecule has 0 aliphatic heterocycles. The summed E-state index contributed by atoms with van der Waals surface area (Å²) in [4.78, 5) is 50.4. The lowest BCUT2D eigenvalue weighted by molar-refractivity contribution is -0.192. The molecule has 2 amide bonds. The Morgan fingerprint density at radius 3 is 2.21 bits per heavy atom. The Labute approximate surface area is 272 Å². The molecule has 6 N–H and O–H groups in total. The number of anilines is 2. The van der Waals surface area contributed by atoms with Crippen LogP contribution in [0.4, 0.5) is 24.5 Å². The molecule has 0 aliphatic rings. The smallest absolute Gasteiger partial charge is 0.490 e. The van der Waals surface area contributed by atoms with Gasteiger partial charge in [0.2, 0.25) is 11.8 Å². The third-order valence-corrected chi connectivity index (χ3v) is 6.72. The van der Waals surface area contributed by atoms with Crippen molar-refractivity contribution in [1.82, 2.24) is 10.3 Å². The van der Waals surface area contributed by atoms with E-state index in [1.165, 1.54) is 26.2 Å². The van der Waals surface area contributed by atoms with Gasteiger partial charge in [0.05, 0.1) is 32.4 Å². The molecule has 13 nitrogen and oxygen atoms in total. The summed E-state index contributed by atoms with van der Waals surface area (Å²) in [6.45, 7) is 1.37. The van der Waals surface area contributed by atoms with Crippen molar-refractivity contribution in [3.8, 4) is 11.5 Å². The van der Waals surface area contributed by atoms with E-state index < -0.39 is 42.5 Å². The lowest BCUT2D eigenvalue weighted by Gasteiger charge is -2.31. The number of nitrogens with one attached hydrogen (secondary N) is 2. The average Bonchev–Trinajstić information content (AvgIpc) is 3.03. The number of amides is 2. The SMILES string of the molecule is COc1ccc(C(C(=O)N[C@H](CC(=O)O)c2cccc(NC(C)=O)c2)N(N)c2ccc3cnccc3c2)cc1OC.O=C(O)C(F)(F)F. The third kappa shape index (κ3) is 9.80. The number of halogens is 3. The fraction of sp³-hybridized carbons (Fsp3) is 0.219. The predicted molar refractivity (Wildman–Crippen MR) is 168 cm³/mol. The first-order valence-corrected chi connectivity index (χ1v) is 13.9. The highest BCUT2D eigenvalue weighted by molar-refractivity contribution is 5.90. The minimum absolute atomic E-state index is 0.278. The molecular formula is C32H32F3N5O8. The Morgan fingerprint density at radius 1 is 0.917 bits per heavy atom. The molecule has 3 aromatic carbocycles. The van der Waals surface area contributed by atoms with E-state index in [-0.39, 0.29) is 5.91 Å². The summed E-state index contributed by atoms with van der Waals surface area (Å²) in [5.41, 5.74) is 2.00. The van der Waals surface area contributed by atoms with Crippen LogP contribution in [0.25, 0.3) is 10.8 Å². The molecule has 0 aliphatic carbocycles. The number of carboxylic acid groups (broad SMARTS) is 2. The summed E-state index contributed by atoms with van der Waals surface area (Å²) in [5, 5.41) is 25.4. The van der Waals surface area contributed by atoms with Crippen LogP contribution in [0.15, 0.2) is 79.1 Å². The molecule has 2 atom stereocenters. The van der Waals surface area contributed by atoms with Crippen LogP contribution in [-0.4, -0.2) is 59.3 Å². The van der Waals surface area contributed by atoms with Crippen LogP contribution >= 0.6 is 0 Å². The van der Waals surface area contributed by atoms with Gasteiger partial charge >= 0.3 is 18.1 Å². The van der Waals surface area contributed by atoms with Crippen LogP contribution in [0.3, 0.4) is 0 Å². The van der Waals surface area contributed by atoms with Gasteiger partial charge in [0, 0.05) is 30.4 Å². The minimum Gasteiger partial charge on any atom is -0.493 e. The number of aliphatic carboxylic acids is 2. The van der Waals surface area contributed by atoms with Crippen LogP contribution in [0.5, 0.6) is 11.5 Å². The topological polar surface area (TPSA) is 193 Å². The number of hydrogen-bond donors (Lipinski definition) is 5. The summed E-state index contributed by atoms with van der Waals surface area (Å²) in [6, 6.07) is 16.9. The Morgan fingerprint density at radius 2 is 1.60 bits per heavy atom. The number of carbonyl (C=O) groups is 4. The minimum atomic E-state index is -5.08. The number of pyridine rings is 1. The molecule has 0 fully saturated rings. The largest absolute Gasteiger partial charge is 0.493 e. The van der Waals surface area contributed by atoms with Crippen molar-refractivity contribution in [2.75, 3.05) is 24.5 Å². The van der Waals surface area contributed by atoms with E-state index in [9.17, 15) is 32.7 Å². The van der Waals surface area contributed by atoms with Gasteiger partial charge in [0.15, 0.2) is 11.5 Å². The highest BCUT2D eigenvalue weighted by Gasteiger charge is 2.38. The molecule has 254 valence electrons. The number of carboxylic acids is 2. The van der Waals surface area contributed by atoms with Crippen molar-refractivity contribution in [3.63, 3.8) is 0 Å². The Balaban J connectivity index is 0.000000804. The lowest BCUT2D eigenvalue weighted by Crippen LogP contribution is -2.45. The molecular weight excluding hydrogens is 639 g/mol. The normalized spacial score (nSPS) is 12.1. The second-order valence-corrected chi connectivity index (χ2v) is 10.1. The lowest BCUT2D eigenvalue weighted by atomic mass is 9.99. The molecule has 48 heavy (non-hydrogen) atoms. The van der Waals surface area contributed by atoms with E-state index in [1.807, 2.05) is 18.2 Å². The number of ether oxygens (including phenoxy) is 2. The zero-order chi connectivity index (χ0) is 35.6. The predicted octanol–water partition coefficient (Wildman–Crippen LogP) is 4.60. The summed E-state index contributed by atoms with van der Waals surface area (Å²) in [7, 11) is 2.99. The van der Waals surface area contributed by atoms with Gasteiger partial charge in [-0.15, -0.1) is 0 Å². The molecule has 16 heteroatoms. The standard InChI is InChI=1S/C30H31N5O6.C2HF3O2/c1-18(36)33-23-6-4-5-20(13-23)25(16-28(37)38)34-30(39)29(21-8-10-26(40-2)27(15-21)41-3)35(31)24-9-7-22-17-32-12-11-19(22)14-24;3-2(4,5)1(6)7/h4-15,17,25,29H,16,31H2,1-3H3,(H,33,36)(H,34,39)(H,37,38);(H,6,7)/t25-,29?;/m1./s1. The molecule has 0 radical (unpaired) electrons. The van der Waals surface area contributed by atoms with E-state index in [1.54, 1.807) is 60.9 Å². The first-order valence-electron chi connectivity index (χ1n) is 13.9. The first kappa shape index (κ1) is 36.6. The van der Waals surface area contributed by atoms with E-state index in [2.05, 4.69) is 15.6 Å². The fourth-order valence-electron chi connectivity index (χ4n) is 4.56. The van der Waals surface area contributed by atoms with Crippen LogP contribution < -0.4 is 31.0 Å². The number of benzene rings is 3. The number of fused-ring (bicyclic) bond motifs is 1. The van der Waals surface area contributed by atoms with Crippen LogP contribution in [0.1, 0.15) is 36.6 Å².